The van der Waals surface area contributed by atoms with Crippen molar-refractivity contribution in [1.82, 2.24) is 14.9 Å². The van der Waals surface area contributed by atoms with Gasteiger partial charge < -0.3 is 14.5 Å². The van der Waals surface area contributed by atoms with Crippen LogP contribution in [0.15, 0.2) is 54.6 Å². The van der Waals surface area contributed by atoms with Crippen LogP contribution >= 0.6 is 0 Å². The smallest absolute Gasteiger partial charge is 0.225 e. The van der Waals surface area contributed by atoms with Crippen LogP contribution in [-0.4, -0.2) is 54.1 Å². The first-order chi connectivity index (χ1) is 16.0. The number of nitrogens with zero attached hydrogens (tertiary/aromatic N) is 4. The average Bonchev–Trinajstić information content (AvgIpc) is 2.85. The number of carbonyl (C=O) groups excluding carboxylic acids is 1. The molecule has 0 aliphatic carbocycles. The molecule has 4 rings (SSSR count). The Morgan fingerprint density at radius 2 is 1.64 bits per heavy atom. The van der Waals surface area contributed by atoms with E-state index < -0.39 is 0 Å². The molecule has 172 valence electrons. The first-order valence-electron chi connectivity index (χ1n) is 11.6. The van der Waals surface area contributed by atoms with Gasteiger partial charge in [0.15, 0.2) is 5.82 Å². The molecule has 2 aromatic carbocycles. The van der Waals surface area contributed by atoms with Crippen LogP contribution in [0.1, 0.15) is 30.7 Å². The highest BCUT2D eigenvalue weighted by atomic mass is 16.5. The first kappa shape index (κ1) is 22.8. The number of anilines is 1. The van der Waals surface area contributed by atoms with Crippen LogP contribution in [0.2, 0.25) is 0 Å². The molecule has 0 radical (unpaired) electrons. The zero-order chi connectivity index (χ0) is 23.4. The summed E-state index contributed by atoms with van der Waals surface area (Å²) in [6.45, 7) is 8.93. The minimum absolute atomic E-state index is 0.0214. The number of piperazine rings is 1. The molecule has 0 bridgehead atoms. The number of aryl methyl sites for hydroxylation is 1. The summed E-state index contributed by atoms with van der Waals surface area (Å²) in [7, 11) is 1.68. The largest absolute Gasteiger partial charge is 0.497 e. The summed E-state index contributed by atoms with van der Waals surface area (Å²) >= 11 is 0. The molecule has 1 aromatic heterocycles. The van der Waals surface area contributed by atoms with E-state index in [-0.39, 0.29) is 11.8 Å². The Morgan fingerprint density at radius 3 is 2.24 bits per heavy atom. The number of benzene rings is 2. The van der Waals surface area contributed by atoms with E-state index in [1.807, 2.05) is 61.2 Å². The van der Waals surface area contributed by atoms with E-state index in [0.717, 1.165) is 53.7 Å². The fourth-order valence-electron chi connectivity index (χ4n) is 4.22. The van der Waals surface area contributed by atoms with E-state index in [1.165, 1.54) is 5.56 Å². The minimum atomic E-state index is 0.0214. The Labute approximate surface area is 196 Å². The summed E-state index contributed by atoms with van der Waals surface area (Å²) in [5.41, 5.74) is 4.30. The average molecular weight is 445 g/mol. The highest BCUT2D eigenvalue weighted by Crippen LogP contribution is 2.29. The van der Waals surface area contributed by atoms with E-state index in [2.05, 4.69) is 24.0 Å². The molecule has 6 nitrogen and oxygen atoms in total. The molecule has 3 aromatic rings. The van der Waals surface area contributed by atoms with Crippen molar-refractivity contribution in [3.8, 4) is 17.1 Å². The molecule has 6 heteroatoms. The molecule has 1 saturated heterocycles. The SMILES string of the molecule is COc1ccc(Cc2c(C)nc(-c3ccccc3)nc2N2CCN(C(=O)C(C)C)CC2)cc1. The lowest BCUT2D eigenvalue weighted by atomic mass is 10.0. The Hall–Kier alpha value is -3.41. The molecule has 0 saturated carbocycles. The van der Waals surface area contributed by atoms with Gasteiger partial charge in [0.1, 0.15) is 11.6 Å². The van der Waals surface area contributed by atoms with Crippen molar-refractivity contribution in [2.75, 3.05) is 38.2 Å². The number of rotatable bonds is 6. The molecule has 2 heterocycles. The number of hydrogen-bond acceptors (Lipinski definition) is 5. The van der Waals surface area contributed by atoms with Crippen LogP contribution in [0.4, 0.5) is 5.82 Å². The number of amides is 1. The number of hydrogen-bond donors (Lipinski definition) is 0. The standard InChI is InChI=1S/C27H32N4O2/c1-19(2)27(32)31-16-14-30(15-17-31)26-24(18-21-10-12-23(33-4)13-11-21)20(3)28-25(29-26)22-8-6-5-7-9-22/h5-13,19H,14-18H2,1-4H3. The Bertz CT molecular complexity index is 1090. The van der Waals surface area contributed by atoms with Crippen molar-refractivity contribution in [1.29, 1.82) is 0 Å². The van der Waals surface area contributed by atoms with E-state index in [0.29, 0.717) is 13.1 Å². The fraction of sp³-hybridized carbons (Fsp3) is 0.370. The zero-order valence-electron chi connectivity index (χ0n) is 19.9. The van der Waals surface area contributed by atoms with Gasteiger partial charge in [-0.1, -0.05) is 56.3 Å². The van der Waals surface area contributed by atoms with Crippen LogP contribution in [0.5, 0.6) is 5.75 Å². The monoisotopic (exact) mass is 444 g/mol. The molecule has 1 fully saturated rings. The molecule has 0 atom stereocenters. The molecular weight excluding hydrogens is 412 g/mol. The second kappa shape index (κ2) is 10.0. The lowest BCUT2D eigenvalue weighted by Gasteiger charge is -2.37. The van der Waals surface area contributed by atoms with E-state index in [9.17, 15) is 4.79 Å². The van der Waals surface area contributed by atoms with Crippen LogP contribution in [0, 0.1) is 12.8 Å². The van der Waals surface area contributed by atoms with Gasteiger partial charge in [0.05, 0.1) is 7.11 Å². The molecule has 0 unspecified atom stereocenters. The van der Waals surface area contributed by atoms with Crippen LogP contribution in [0.25, 0.3) is 11.4 Å². The van der Waals surface area contributed by atoms with Crippen molar-refractivity contribution in [2.45, 2.75) is 27.2 Å². The first-order valence-corrected chi connectivity index (χ1v) is 11.6. The number of methoxy groups -OCH3 is 1. The lowest BCUT2D eigenvalue weighted by Crippen LogP contribution is -2.50. The summed E-state index contributed by atoms with van der Waals surface area (Å²) in [5.74, 6) is 2.79. The van der Waals surface area contributed by atoms with Crippen LogP contribution < -0.4 is 9.64 Å². The lowest BCUT2D eigenvalue weighted by molar-refractivity contribution is -0.134. The van der Waals surface area contributed by atoms with Gasteiger partial charge >= 0.3 is 0 Å². The van der Waals surface area contributed by atoms with Crippen LogP contribution in [-0.2, 0) is 11.2 Å². The van der Waals surface area contributed by atoms with Crippen LogP contribution in [0.3, 0.4) is 0 Å². The maximum atomic E-state index is 12.5. The maximum Gasteiger partial charge on any atom is 0.225 e. The summed E-state index contributed by atoms with van der Waals surface area (Å²) in [5, 5.41) is 0. The second-order valence-electron chi connectivity index (χ2n) is 8.79. The third-order valence-corrected chi connectivity index (χ3v) is 6.15. The minimum Gasteiger partial charge on any atom is -0.497 e. The third-order valence-electron chi connectivity index (χ3n) is 6.15. The Kier molecular flexibility index (Phi) is 6.92. The molecule has 1 aliphatic rings. The molecule has 0 spiro atoms. The van der Waals surface area contributed by atoms with Gasteiger partial charge in [-0.15, -0.1) is 0 Å². The highest BCUT2D eigenvalue weighted by molar-refractivity contribution is 5.78. The molecule has 1 amide bonds. The van der Waals surface area contributed by atoms with Gasteiger partial charge in [-0.25, -0.2) is 9.97 Å². The van der Waals surface area contributed by atoms with Gasteiger partial charge in [0.25, 0.3) is 0 Å². The second-order valence-corrected chi connectivity index (χ2v) is 8.79. The van der Waals surface area contributed by atoms with E-state index >= 15 is 0 Å². The van der Waals surface area contributed by atoms with Gasteiger partial charge in [-0.3, -0.25) is 4.79 Å². The highest BCUT2D eigenvalue weighted by Gasteiger charge is 2.26. The zero-order valence-corrected chi connectivity index (χ0v) is 19.9. The Morgan fingerprint density at radius 1 is 0.970 bits per heavy atom. The van der Waals surface area contributed by atoms with Crippen molar-refractivity contribution in [3.05, 3.63) is 71.4 Å². The number of aromatic nitrogens is 2. The predicted octanol–water partition coefficient (Wildman–Crippen LogP) is 4.36. The molecule has 33 heavy (non-hydrogen) atoms. The normalized spacial score (nSPS) is 14.0. The van der Waals surface area contributed by atoms with E-state index in [1.54, 1.807) is 7.11 Å². The van der Waals surface area contributed by atoms with Gasteiger partial charge in [0.2, 0.25) is 5.91 Å². The third kappa shape index (κ3) is 5.16. The van der Waals surface area contributed by atoms with Crippen molar-refractivity contribution >= 4 is 11.7 Å². The summed E-state index contributed by atoms with van der Waals surface area (Å²) in [4.78, 5) is 26.7. The van der Waals surface area contributed by atoms with Crippen molar-refractivity contribution in [3.63, 3.8) is 0 Å². The molecular formula is C27H32N4O2. The fourth-order valence-corrected chi connectivity index (χ4v) is 4.22. The van der Waals surface area contributed by atoms with Crippen molar-refractivity contribution < 1.29 is 9.53 Å². The van der Waals surface area contributed by atoms with E-state index in [4.69, 9.17) is 14.7 Å². The van der Waals surface area contributed by atoms with Gasteiger partial charge in [-0.2, -0.15) is 0 Å². The molecule has 0 N–H and O–H groups in total. The number of ether oxygens (including phenoxy) is 1. The predicted molar refractivity (Wildman–Crippen MR) is 132 cm³/mol. The van der Waals surface area contributed by atoms with Gasteiger partial charge in [-0.05, 0) is 24.6 Å². The topological polar surface area (TPSA) is 58.6 Å². The quantitative estimate of drug-likeness (QED) is 0.566. The van der Waals surface area contributed by atoms with Gasteiger partial charge in [0, 0.05) is 55.3 Å². The Balaban J connectivity index is 1.67. The maximum absolute atomic E-state index is 12.5. The number of carbonyl (C=O) groups is 1. The van der Waals surface area contributed by atoms with Crippen molar-refractivity contribution in [2.24, 2.45) is 5.92 Å². The summed E-state index contributed by atoms with van der Waals surface area (Å²) in [6, 6.07) is 18.3. The molecule has 1 aliphatic heterocycles. The summed E-state index contributed by atoms with van der Waals surface area (Å²) in [6.07, 6.45) is 0.741. The summed E-state index contributed by atoms with van der Waals surface area (Å²) < 4.78 is 5.31.